The van der Waals surface area contributed by atoms with Crippen molar-refractivity contribution in [2.24, 2.45) is 0 Å². The minimum atomic E-state index is -0.291. The zero-order valence-electron chi connectivity index (χ0n) is 14.0. The predicted molar refractivity (Wildman–Crippen MR) is 102 cm³/mol. The van der Waals surface area contributed by atoms with Gasteiger partial charge in [-0.2, -0.15) is 0 Å². The number of hydrogen-bond acceptors (Lipinski definition) is 4. The number of pyridine rings is 1. The van der Waals surface area contributed by atoms with E-state index < -0.39 is 0 Å². The first-order valence-corrected chi connectivity index (χ1v) is 8.85. The number of carbonyl (C=O) groups is 2. The van der Waals surface area contributed by atoms with Gasteiger partial charge in [0.15, 0.2) is 5.78 Å². The lowest BCUT2D eigenvalue weighted by Crippen LogP contribution is -2.22. The number of rotatable bonds is 5. The van der Waals surface area contributed by atoms with Gasteiger partial charge in [-0.05, 0) is 50.2 Å². The van der Waals surface area contributed by atoms with Crippen molar-refractivity contribution in [3.8, 4) is 0 Å². The zero-order valence-corrected chi connectivity index (χ0v) is 14.8. The highest BCUT2D eigenvalue weighted by Gasteiger charge is 2.15. The molecule has 4 nitrogen and oxygen atoms in total. The van der Waals surface area contributed by atoms with Gasteiger partial charge in [0.2, 0.25) is 5.91 Å². The monoisotopic (exact) mass is 350 g/mol. The molecular formula is C20H18N2O2S. The third-order valence-electron chi connectivity index (χ3n) is 3.80. The summed E-state index contributed by atoms with van der Waals surface area (Å²) in [4.78, 5) is 28.2. The number of ketones is 1. The molecule has 25 heavy (non-hydrogen) atoms. The second-order valence-corrected chi connectivity index (χ2v) is 7.09. The molecule has 0 saturated heterocycles. The number of hydrogen-bond donors (Lipinski definition) is 1. The zero-order chi connectivity index (χ0) is 17.8. The summed E-state index contributed by atoms with van der Waals surface area (Å²) in [6.45, 7) is 3.36. The summed E-state index contributed by atoms with van der Waals surface area (Å²) < 4.78 is 0. The first-order valence-electron chi connectivity index (χ1n) is 7.97. The third-order valence-corrected chi connectivity index (χ3v) is 4.84. The van der Waals surface area contributed by atoms with Gasteiger partial charge in [0.25, 0.3) is 0 Å². The van der Waals surface area contributed by atoms with E-state index in [0.717, 1.165) is 15.9 Å². The molecule has 0 aliphatic carbocycles. The Bertz CT molecular complexity index is 922. The molecule has 1 amide bonds. The van der Waals surface area contributed by atoms with Crippen LogP contribution in [0.25, 0.3) is 10.9 Å². The molecule has 0 aliphatic heterocycles. The van der Waals surface area contributed by atoms with Crippen LogP contribution in [0.4, 0.5) is 5.69 Å². The van der Waals surface area contributed by atoms with E-state index in [9.17, 15) is 9.59 Å². The van der Waals surface area contributed by atoms with Gasteiger partial charge >= 0.3 is 0 Å². The summed E-state index contributed by atoms with van der Waals surface area (Å²) in [7, 11) is 0. The van der Waals surface area contributed by atoms with E-state index in [1.54, 1.807) is 24.3 Å². The standard InChI is InChI=1S/C20H18N2O2S/c1-13(23)15-7-10-17(11-8-15)21-20(24)14(2)25-19-12-9-16-5-3-4-6-18(16)22-19/h3-12,14H,1-2H3,(H,21,24)/t14-/m0/s1. The fraction of sp³-hybridized carbons (Fsp3) is 0.150. The van der Waals surface area contributed by atoms with Crippen molar-refractivity contribution in [1.82, 2.24) is 4.98 Å². The molecule has 0 spiro atoms. The molecule has 3 rings (SSSR count). The predicted octanol–water partition coefficient (Wildman–Crippen LogP) is 4.56. The molecule has 5 heteroatoms. The molecule has 0 fully saturated rings. The number of nitrogens with one attached hydrogen (secondary N) is 1. The number of benzene rings is 2. The molecule has 0 aliphatic rings. The van der Waals surface area contributed by atoms with Crippen LogP contribution in [0.1, 0.15) is 24.2 Å². The van der Waals surface area contributed by atoms with E-state index in [1.807, 2.05) is 43.3 Å². The number of nitrogens with zero attached hydrogens (tertiary/aromatic N) is 1. The van der Waals surface area contributed by atoms with Gasteiger partial charge in [-0.1, -0.05) is 36.0 Å². The summed E-state index contributed by atoms with van der Waals surface area (Å²) in [6, 6.07) is 18.7. The van der Waals surface area contributed by atoms with Gasteiger partial charge in [-0.25, -0.2) is 4.98 Å². The fourth-order valence-corrected chi connectivity index (χ4v) is 3.21. The van der Waals surface area contributed by atoms with Gasteiger partial charge < -0.3 is 5.32 Å². The number of para-hydroxylation sites is 1. The average molecular weight is 350 g/mol. The van der Waals surface area contributed by atoms with Crippen LogP contribution in [-0.4, -0.2) is 21.9 Å². The Kier molecular flexibility index (Phi) is 5.14. The fourth-order valence-electron chi connectivity index (χ4n) is 2.38. The first kappa shape index (κ1) is 17.2. The Morgan fingerprint density at radius 2 is 1.72 bits per heavy atom. The van der Waals surface area contributed by atoms with Crippen LogP contribution in [0.5, 0.6) is 0 Å². The molecule has 1 atom stereocenters. The van der Waals surface area contributed by atoms with E-state index in [1.165, 1.54) is 18.7 Å². The largest absolute Gasteiger partial charge is 0.325 e. The van der Waals surface area contributed by atoms with E-state index >= 15 is 0 Å². The highest BCUT2D eigenvalue weighted by Crippen LogP contribution is 2.25. The normalized spacial score (nSPS) is 11.9. The van der Waals surface area contributed by atoms with E-state index in [0.29, 0.717) is 11.3 Å². The van der Waals surface area contributed by atoms with Crippen LogP contribution in [0.3, 0.4) is 0 Å². The van der Waals surface area contributed by atoms with Gasteiger partial charge in [0.1, 0.15) is 0 Å². The number of amides is 1. The second-order valence-electron chi connectivity index (χ2n) is 5.73. The van der Waals surface area contributed by atoms with Crippen molar-refractivity contribution in [3.05, 3.63) is 66.2 Å². The minimum absolute atomic E-state index is 0.00387. The molecular weight excluding hydrogens is 332 g/mol. The lowest BCUT2D eigenvalue weighted by molar-refractivity contribution is -0.115. The Hall–Kier alpha value is -2.66. The van der Waals surface area contributed by atoms with Crippen molar-refractivity contribution in [2.45, 2.75) is 24.1 Å². The maximum absolute atomic E-state index is 12.4. The molecule has 3 aromatic rings. The highest BCUT2D eigenvalue weighted by atomic mass is 32.2. The molecule has 0 bridgehead atoms. The molecule has 1 heterocycles. The van der Waals surface area contributed by atoms with Crippen molar-refractivity contribution >= 4 is 40.0 Å². The van der Waals surface area contributed by atoms with Crippen LogP contribution in [0.2, 0.25) is 0 Å². The number of carbonyl (C=O) groups excluding carboxylic acids is 2. The van der Waals surface area contributed by atoms with Crippen molar-refractivity contribution < 1.29 is 9.59 Å². The second kappa shape index (κ2) is 7.49. The summed E-state index contributed by atoms with van der Waals surface area (Å²) in [5, 5.41) is 4.47. The molecule has 1 N–H and O–H groups in total. The Morgan fingerprint density at radius 1 is 1.00 bits per heavy atom. The summed E-state index contributed by atoms with van der Waals surface area (Å²) in [6.07, 6.45) is 0. The summed E-state index contributed by atoms with van der Waals surface area (Å²) in [5.41, 5.74) is 2.22. The van der Waals surface area contributed by atoms with Gasteiger partial charge in [0, 0.05) is 16.6 Å². The van der Waals surface area contributed by atoms with Crippen molar-refractivity contribution in [2.75, 3.05) is 5.32 Å². The average Bonchev–Trinajstić information content (AvgIpc) is 2.62. The Labute approximate surface area is 150 Å². The number of thioether (sulfide) groups is 1. The highest BCUT2D eigenvalue weighted by molar-refractivity contribution is 8.00. The summed E-state index contributed by atoms with van der Waals surface area (Å²) in [5.74, 6) is -0.0975. The van der Waals surface area contributed by atoms with Crippen molar-refractivity contribution in [3.63, 3.8) is 0 Å². The number of aromatic nitrogens is 1. The van der Waals surface area contributed by atoms with Gasteiger partial charge in [-0.3, -0.25) is 9.59 Å². The molecule has 2 aromatic carbocycles. The van der Waals surface area contributed by atoms with Crippen LogP contribution in [-0.2, 0) is 4.79 Å². The quantitative estimate of drug-likeness (QED) is 0.541. The van der Waals surface area contributed by atoms with E-state index in [2.05, 4.69) is 10.3 Å². The Morgan fingerprint density at radius 3 is 2.44 bits per heavy atom. The lowest BCUT2D eigenvalue weighted by Gasteiger charge is -2.12. The molecule has 0 saturated carbocycles. The van der Waals surface area contributed by atoms with Crippen LogP contribution >= 0.6 is 11.8 Å². The topological polar surface area (TPSA) is 59.1 Å². The Balaban J connectivity index is 1.66. The molecule has 0 radical (unpaired) electrons. The van der Waals surface area contributed by atoms with Gasteiger partial charge in [0.05, 0.1) is 15.8 Å². The number of fused-ring (bicyclic) bond motifs is 1. The lowest BCUT2D eigenvalue weighted by atomic mass is 10.1. The maximum Gasteiger partial charge on any atom is 0.237 e. The minimum Gasteiger partial charge on any atom is -0.325 e. The number of anilines is 1. The van der Waals surface area contributed by atoms with E-state index in [-0.39, 0.29) is 16.9 Å². The van der Waals surface area contributed by atoms with Gasteiger partial charge in [-0.15, -0.1) is 0 Å². The maximum atomic E-state index is 12.4. The molecule has 0 unspecified atom stereocenters. The number of Topliss-reactive ketones (excluding diaryl/α,β-unsaturated/α-hetero) is 1. The van der Waals surface area contributed by atoms with Crippen LogP contribution in [0, 0.1) is 0 Å². The third kappa shape index (κ3) is 4.25. The SMILES string of the molecule is CC(=O)c1ccc(NC(=O)[C@H](C)Sc2ccc3ccccc3n2)cc1. The summed E-state index contributed by atoms with van der Waals surface area (Å²) >= 11 is 1.42. The van der Waals surface area contributed by atoms with E-state index in [4.69, 9.17) is 0 Å². The molecule has 126 valence electrons. The van der Waals surface area contributed by atoms with Crippen LogP contribution < -0.4 is 5.32 Å². The van der Waals surface area contributed by atoms with Crippen LogP contribution in [0.15, 0.2) is 65.7 Å². The smallest absolute Gasteiger partial charge is 0.237 e. The van der Waals surface area contributed by atoms with Crippen molar-refractivity contribution in [1.29, 1.82) is 0 Å². The first-order chi connectivity index (χ1) is 12.0. The molecule has 1 aromatic heterocycles.